The number of imidazole rings is 1. The summed E-state index contributed by atoms with van der Waals surface area (Å²) in [6.45, 7) is 6.74. The third kappa shape index (κ3) is 4.41. The van der Waals surface area contributed by atoms with E-state index in [1.54, 1.807) is 19.8 Å². The van der Waals surface area contributed by atoms with Crippen molar-refractivity contribution in [3.8, 4) is 11.3 Å². The normalized spacial score (nSPS) is 11.9. The van der Waals surface area contributed by atoms with Crippen LogP contribution in [0.25, 0.3) is 22.4 Å². The molecule has 0 radical (unpaired) electrons. The zero-order chi connectivity index (χ0) is 18.2. The third-order valence-corrected chi connectivity index (χ3v) is 3.96. The van der Waals surface area contributed by atoms with Crippen LogP contribution in [0, 0.1) is 6.92 Å². The van der Waals surface area contributed by atoms with Crippen LogP contribution < -0.4 is 0 Å². The summed E-state index contributed by atoms with van der Waals surface area (Å²) in [4.78, 5) is 13.2. The number of aliphatic hydroxyl groups excluding tert-OH is 1. The smallest absolute Gasteiger partial charge is 0.163 e. The van der Waals surface area contributed by atoms with Crippen molar-refractivity contribution in [2.45, 2.75) is 39.8 Å². The highest BCUT2D eigenvalue weighted by Gasteiger charge is 2.13. The molecule has 6 nitrogen and oxygen atoms in total. The van der Waals surface area contributed by atoms with Gasteiger partial charge >= 0.3 is 0 Å². The molecule has 0 fully saturated rings. The van der Waals surface area contributed by atoms with Crippen molar-refractivity contribution in [2.75, 3.05) is 13.7 Å². The fraction of sp³-hybridized carbons (Fsp3) is 0.421. The summed E-state index contributed by atoms with van der Waals surface area (Å²) < 4.78 is 7.17. The lowest BCUT2D eigenvalue weighted by Gasteiger charge is -2.12. The molecule has 0 bridgehead atoms. The van der Waals surface area contributed by atoms with E-state index in [9.17, 15) is 5.11 Å². The van der Waals surface area contributed by atoms with E-state index in [2.05, 4.69) is 34.0 Å². The van der Waals surface area contributed by atoms with E-state index in [0.717, 1.165) is 22.4 Å². The van der Waals surface area contributed by atoms with E-state index >= 15 is 0 Å². The topological polar surface area (TPSA) is 73.1 Å². The first kappa shape index (κ1) is 19.0. The van der Waals surface area contributed by atoms with Gasteiger partial charge in [-0.3, -0.25) is 0 Å². The van der Waals surface area contributed by atoms with E-state index in [1.807, 2.05) is 30.5 Å². The average Bonchev–Trinajstić information content (AvgIpc) is 3.08. The second kappa shape index (κ2) is 9.25. The maximum atomic E-state index is 9.21. The highest BCUT2D eigenvalue weighted by molar-refractivity contribution is 5.87. The molecule has 0 aliphatic rings. The third-order valence-electron chi connectivity index (χ3n) is 3.96. The largest absolute Gasteiger partial charge is 0.394 e. The number of aliphatic hydroxyl groups is 1. The molecule has 3 aromatic rings. The van der Waals surface area contributed by atoms with Gasteiger partial charge in [0.2, 0.25) is 0 Å². The maximum absolute atomic E-state index is 9.21. The van der Waals surface area contributed by atoms with Crippen LogP contribution in [0.15, 0.2) is 36.9 Å². The Labute approximate surface area is 148 Å². The van der Waals surface area contributed by atoms with Crippen LogP contribution in [0.1, 0.15) is 25.8 Å². The molecule has 6 heteroatoms. The van der Waals surface area contributed by atoms with Crippen LogP contribution in [0.4, 0.5) is 0 Å². The highest BCUT2D eigenvalue weighted by atomic mass is 16.5. The van der Waals surface area contributed by atoms with Crippen molar-refractivity contribution in [2.24, 2.45) is 0 Å². The molecule has 0 aliphatic carbocycles. The van der Waals surface area contributed by atoms with Gasteiger partial charge in [-0.05, 0) is 13.3 Å². The Hall–Kier alpha value is -2.31. The van der Waals surface area contributed by atoms with Crippen LogP contribution >= 0.6 is 0 Å². The number of aromatic nitrogens is 4. The molecule has 1 unspecified atom stereocenters. The molecular weight excluding hydrogens is 316 g/mol. The Balaban J connectivity index is 0.00000109. The zero-order valence-electron chi connectivity index (χ0n) is 15.3. The molecule has 2 heterocycles. The van der Waals surface area contributed by atoms with Gasteiger partial charge in [0.1, 0.15) is 17.5 Å². The van der Waals surface area contributed by atoms with Crippen LogP contribution in [-0.2, 0) is 11.3 Å². The van der Waals surface area contributed by atoms with Gasteiger partial charge in [0, 0.05) is 19.2 Å². The summed E-state index contributed by atoms with van der Waals surface area (Å²) in [7, 11) is 1.60. The minimum atomic E-state index is -0.175. The first-order valence-electron chi connectivity index (χ1n) is 8.59. The van der Waals surface area contributed by atoms with Gasteiger partial charge in [0.25, 0.3) is 0 Å². The molecule has 1 N–H and O–H groups in total. The van der Waals surface area contributed by atoms with E-state index in [1.165, 1.54) is 5.56 Å². The number of fused-ring (bicyclic) bond motifs is 1. The van der Waals surface area contributed by atoms with Crippen LogP contribution in [0.3, 0.4) is 0 Å². The lowest BCUT2D eigenvalue weighted by atomic mass is 10.1. The maximum Gasteiger partial charge on any atom is 0.163 e. The molecule has 0 saturated carbocycles. The number of methoxy groups -OCH3 is 1. The predicted molar refractivity (Wildman–Crippen MR) is 99.3 cm³/mol. The number of ether oxygens (including phenoxy) is 1. The highest BCUT2D eigenvalue weighted by Crippen LogP contribution is 2.24. The molecule has 0 aliphatic heterocycles. The minimum Gasteiger partial charge on any atom is -0.394 e. The van der Waals surface area contributed by atoms with Gasteiger partial charge in [0.15, 0.2) is 5.65 Å². The first-order valence-corrected chi connectivity index (χ1v) is 8.59. The molecule has 0 spiro atoms. The Morgan fingerprint density at radius 1 is 1.12 bits per heavy atom. The van der Waals surface area contributed by atoms with Crippen LogP contribution in [0.5, 0.6) is 0 Å². The summed E-state index contributed by atoms with van der Waals surface area (Å²) in [5.41, 5.74) is 4.65. The van der Waals surface area contributed by atoms with Gasteiger partial charge < -0.3 is 14.4 Å². The summed E-state index contributed by atoms with van der Waals surface area (Å²) in [5, 5.41) is 9.21. The fourth-order valence-electron chi connectivity index (χ4n) is 2.53. The number of hydrogen-bond donors (Lipinski definition) is 1. The standard InChI is InChI=1S/C17H20N4O2.C2H6/c1-12-3-5-13(6-4-12)15-16-17(19-10-18-15)21(11-20-16)8-7-14(9-22)23-2;1-2/h3-6,10-11,14,22H,7-9H2,1-2H3;1-2H3. The Morgan fingerprint density at radius 2 is 1.84 bits per heavy atom. The minimum absolute atomic E-state index is 0.00668. The summed E-state index contributed by atoms with van der Waals surface area (Å²) in [6, 6.07) is 8.21. The molecule has 1 aromatic carbocycles. The quantitative estimate of drug-likeness (QED) is 0.744. The molecule has 3 rings (SSSR count). The number of rotatable bonds is 6. The predicted octanol–water partition coefficient (Wildman–Crippen LogP) is 3.23. The summed E-state index contributed by atoms with van der Waals surface area (Å²) in [5.74, 6) is 0. The van der Waals surface area contributed by atoms with Gasteiger partial charge in [-0.2, -0.15) is 0 Å². The van der Waals surface area contributed by atoms with Gasteiger partial charge in [-0.1, -0.05) is 43.7 Å². The number of nitrogens with zero attached hydrogens (tertiary/aromatic N) is 4. The van der Waals surface area contributed by atoms with E-state index in [4.69, 9.17) is 4.74 Å². The number of benzene rings is 1. The lowest BCUT2D eigenvalue weighted by Crippen LogP contribution is -2.18. The van der Waals surface area contributed by atoms with Crippen molar-refractivity contribution < 1.29 is 9.84 Å². The first-order chi connectivity index (χ1) is 12.2. The van der Waals surface area contributed by atoms with Gasteiger partial charge in [0.05, 0.1) is 19.0 Å². The van der Waals surface area contributed by atoms with Crippen LogP contribution in [-0.4, -0.2) is 44.4 Å². The summed E-state index contributed by atoms with van der Waals surface area (Å²) in [6.07, 6.45) is 3.85. The molecule has 0 saturated heterocycles. The second-order valence-electron chi connectivity index (χ2n) is 5.53. The Kier molecular flexibility index (Phi) is 7.03. The van der Waals surface area contributed by atoms with E-state index in [-0.39, 0.29) is 12.7 Å². The average molecular weight is 342 g/mol. The zero-order valence-corrected chi connectivity index (χ0v) is 15.3. The molecule has 1 atom stereocenters. The molecular formula is C19H26N4O2. The van der Waals surface area contributed by atoms with E-state index in [0.29, 0.717) is 13.0 Å². The van der Waals surface area contributed by atoms with Crippen molar-refractivity contribution in [3.63, 3.8) is 0 Å². The summed E-state index contributed by atoms with van der Waals surface area (Å²) >= 11 is 0. The van der Waals surface area contributed by atoms with Crippen molar-refractivity contribution in [3.05, 3.63) is 42.5 Å². The second-order valence-corrected chi connectivity index (χ2v) is 5.53. The lowest BCUT2D eigenvalue weighted by molar-refractivity contribution is 0.0405. The number of aryl methyl sites for hydroxylation is 2. The Bertz CT molecular complexity index is 780. The molecule has 2 aromatic heterocycles. The van der Waals surface area contributed by atoms with Gasteiger partial charge in [-0.25, -0.2) is 15.0 Å². The molecule has 134 valence electrons. The fourth-order valence-corrected chi connectivity index (χ4v) is 2.53. The monoisotopic (exact) mass is 342 g/mol. The van der Waals surface area contributed by atoms with Crippen molar-refractivity contribution in [1.82, 2.24) is 19.5 Å². The van der Waals surface area contributed by atoms with Crippen molar-refractivity contribution in [1.29, 1.82) is 0 Å². The van der Waals surface area contributed by atoms with Crippen molar-refractivity contribution >= 4 is 11.2 Å². The van der Waals surface area contributed by atoms with Gasteiger partial charge in [-0.15, -0.1) is 0 Å². The number of hydrogen-bond acceptors (Lipinski definition) is 5. The van der Waals surface area contributed by atoms with E-state index < -0.39 is 0 Å². The van der Waals surface area contributed by atoms with Crippen LogP contribution in [0.2, 0.25) is 0 Å². The molecule has 25 heavy (non-hydrogen) atoms. The molecule has 0 amide bonds. The SMILES string of the molecule is CC.COC(CO)CCn1cnc2c(-c3ccc(C)cc3)ncnc21. The Morgan fingerprint density at radius 3 is 2.48 bits per heavy atom.